The fraction of sp³-hybridized carbons (Fsp3) is 0.438. The van der Waals surface area contributed by atoms with Crippen LogP contribution in [-0.4, -0.2) is 16.1 Å². The Labute approximate surface area is 125 Å². The summed E-state index contributed by atoms with van der Waals surface area (Å²) in [6.07, 6.45) is 7.45. The van der Waals surface area contributed by atoms with Crippen molar-refractivity contribution in [2.75, 3.05) is 6.54 Å². The van der Waals surface area contributed by atoms with E-state index in [2.05, 4.69) is 27.0 Å². The van der Waals surface area contributed by atoms with E-state index >= 15 is 0 Å². The SMILES string of the molecule is Cn1ccnc1CCNC(c1ccc(Cl)cc1)C1CC1. The Hall–Kier alpha value is -1.32. The molecule has 0 saturated heterocycles. The Balaban J connectivity index is 1.60. The summed E-state index contributed by atoms with van der Waals surface area (Å²) >= 11 is 5.97. The van der Waals surface area contributed by atoms with Gasteiger partial charge in [0.05, 0.1) is 0 Å². The zero-order valence-electron chi connectivity index (χ0n) is 11.7. The summed E-state index contributed by atoms with van der Waals surface area (Å²) in [6.45, 7) is 0.953. The van der Waals surface area contributed by atoms with E-state index in [1.165, 1.54) is 18.4 Å². The lowest BCUT2D eigenvalue weighted by molar-refractivity contribution is 0.479. The van der Waals surface area contributed by atoms with Crippen molar-refractivity contribution >= 4 is 11.6 Å². The number of imidazole rings is 1. The van der Waals surface area contributed by atoms with Gasteiger partial charge in [-0.15, -0.1) is 0 Å². The Kier molecular flexibility index (Phi) is 4.08. The third-order valence-corrected chi connectivity index (χ3v) is 4.21. The van der Waals surface area contributed by atoms with Gasteiger partial charge in [-0.3, -0.25) is 0 Å². The lowest BCUT2D eigenvalue weighted by Crippen LogP contribution is -2.26. The van der Waals surface area contributed by atoms with Crippen LogP contribution in [0.3, 0.4) is 0 Å². The van der Waals surface area contributed by atoms with E-state index in [9.17, 15) is 0 Å². The molecular weight excluding hydrogens is 270 g/mol. The Morgan fingerprint density at radius 2 is 2.10 bits per heavy atom. The standard InChI is InChI=1S/C16H20ClN3/c1-20-11-10-18-15(20)8-9-19-16(12-2-3-12)13-4-6-14(17)7-5-13/h4-7,10-12,16,19H,2-3,8-9H2,1H3. The molecule has 106 valence electrons. The highest BCUT2D eigenvalue weighted by Crippen LogP contribution is 2.41. The van der Waals surface area contributed by atoms with E-state index in [0.29, 0.717) is 6.04 Å². The normalized spacial score (nSPS) is 16.3. The number of nitrogens with zero attached hydrogens (tertiary/aromatic N) is 2. The summed E-state index contributed by atoms with van der Waals surface area (Å²) in [5, 5.41) is 4.49. The summed E-state index contributed by atoms with van der Waals surface area (Å²) in [6, 6.07) is 8.69. The fourth-order valence-corrected chi connectivity index (χ4v) is 2.76. The van der Waals surface area contributed by atoms with Crippen LogP contribution in [0, 0.1) is 5.92 Å². The zero-order chi connectivity index (χ0) is 13.9. The minimum absolute atomic E-state index is 0.451. The van der Waals surface area contributed by atoms with E-state index < -0.39 is 0 Å². The van der Waals surface area contributed by atoms with Gasteiger partial charge in [0.1, 0.15) is 5.82 Å². The number of aryl methyl sites for hydroxylation is 1. The highest BCUT2D eigenvalue weighted by atomic mass is 35.5. The molecule has 20 heavy (non-hydrogen) atoms. The largest absolute Gasteiger partial charge is 0.338 e. The van der Waals surface area contributed by atoms with Crippen molar-refractivity contribution in [1.82, 2.24) is 14.9 Å². The third-order valence-electron chi connectivity index (χ3n) is 3.96. The van der Waals surface area contributed by atoms with Crippen LogP contribution in [0.5, 0.6) is 0 Å². The van der Waals surface area contributed by atoms with E-state index in [4.69, 9.17) is 11.6 Å². The first-order valence-corrected chi connectivity index (χ1v) is 7.57. The van der Waals surface area contributed by atoms with Gasteiger partial charge in [0.25, 0.3) is 0 Å². The topological polar surface area (TPSA) is 29.9 Å². The average Bonchev–Trinajstić information content (AvgIpc) is 3.20. The van der Waals surface area contributed by atoms with Crippen molar-refractivity contribution in [1.29, 1.82) is 0 Å². The molecule has 0 bridgehead atoms. The highest BCUT2D eigenvalue weighted by Gasteiger charge is 2.31. The summed E-state index contributed by atoms with van der Waals surface area (Å²) in [5.74, 6) is 1.90. The van der Waals surface area contributed by atoms with Crippen LogP contribution in [0.4, 0.5) is 0 Å². The Morgan fingerprint density at radius 1 is 1.35 bits per heavy atom. The molecule has 1 saturated carbocycles. The van der Waals surface area contributed by atoms with Crippen LogP contribution in [0.15, 0.2) is 36.7 Å². The Morgan fingerprint density at radius 3 is 2.70 bits per heavy atom. The number of aromatic nitrogens is 2. The van der Waals surface area contributed by atoms with Crippen molar-refractivity contribution in [2.24, 2.45) is 13.0 Å². The van der Waals surface area contributed by atoms with Gasteiger partial charge in [0.2, 0.25) is 0 Å². The van der Waals surface area contributed by atoms with Crippen LogP contribution in [0.25, 0.3) is 0 Å². The summed E-state index contributed by atoms with van der Waals surface area (Å²) in [7, 11) is 2.04. The predicted octanol–water partition coefficient (Wildman–Crippen LogP) is 3.36. The van der Waals surface area contributed by atoms with Gasteiger partial charge >= 0.3 is 0 Å². The molecule has 1 N–H and O–H groups in total. The molecule has 1 fully saturated rings. The van der Waals surface area contributed by atoms with Crippen molar-refractivity contribution in [3.8, 4) is 0 Å². The first-order valence-electron chi connectivity index (χ1n) is 7.19. The molecule has 0 amide bonds. The molecular formula is C16H20ClN3. The molecule has 1 aliphatic carbocycles. The summed E-state index contributed by atoms with van der Waals surface area (Å²) in [5.41, 5.74) is 1.34. The van der Waals surface area contributed by atoms with Crippen molar-refractivity contribution in [3.63, 3.8) is 0 Å². The minimum Gasteiger partial charge on any atom is -0.338 e. The summed E-state index contributed by atoms with van der Waals surface area (Å²) < 4.78 is 2.08. The molecule has 3 rings (SSSR count). The number of benzene rings is 1. The van der Waals surface area contributed by atoms with Crippen molar-refractivity contribution in [2.45, 2.75) is 25.3 Å². The lowest BCUT2D eigenvalue weighted by Gasteiger charge is -2.19. The molecule has 0 aliphatic heterocycles. The molecule has 1 aliphatic rings. The molecule has 0 radical (unpaired) electrons. The van der Waals surface area contributed by atoms with Gasteiger partial charge in [0.15, 0.2) is 0 Å². The average molecular weight is 290 g/mol. The van der Waals surface area contributed by atoms with Crippen molar-refractivity contribution in [3.05, 3.63) is 53.1 Å². The third kappa shape index (κ3) is 3.22. The monoisotopic (exact) mass is 289 g/mol. The van der Waals surface area contributed by atoms with Gasteiger partial charge in [0, 0.05) is 43.5 Å². The number of nitrogens with one attached hydrogen (secondary N) is 1. The molecule has 1 heterocycles. The van der Waals surface area contributed by atoms with Crippen LogP contribution < -0.4 is 5.32 Å². The van der Waals surface area contributed by atoms with Gasteiger partial charge in [-0.2, -0.15) is 0 Å². The first-order chi connectivity index (χ1) is 9.74. The number of rotatable bonds is 6. The van der Waals surface area contributed by atoms with Gasteiger partial charge in [-0.25, -0.2) is 4.98 Å². The maximum absolute atomic E-state index is 5.97. The summed E-state index contributed by atoms with van der Waals surface area (Å²) in [4.78, 5) is 4.36. The van der Waals surface area contributed by atoms with Gasteiger partial charge in [-0.05, 0) is 36.5 Å². The molecule has 1 aromatic carbocycles. The van der Waals surface area contributed by atoms with Gasteiger partial charge in [-0.1, -0.05) is 23.7 Å². The van der Waals surface area contributed by atoms with E-state index in [0.717, 1.165) is 29.7 Å². The fourth-order valence-electron chi connectivity index (χ4n) is 2.63. The van der Waals surface area contributed by atoms with Crippen molar-refractivity contribution < 1.29 is 0 Å². The minimum atomic E-state index is 0.451. The van der Waals surface area contributed by atoms with Crippen LogP contribution >= 0.6 is 11.6 Å². The number of hydrogen-bond donors (Lipinski definition) is 1. The molecule has 1 unspecified atom stereocenters. The maximum Gasteiger partial charge on any atom is 0.109 e. The molecule has 1 aromatic heterocycles. The predicted molar refractivity (Wildman–Crippen MR) is 81.8 cm³/mol. The lowest BCUT2D eigenvalue weighted by atomic mass is 10.0. The second-order valence-electron chi connectivity index (χ2n) is 5.53. The highest BCUT2D eigenvalue weighted by molar-refractivity contribution is 6.30. The quantitative estimate of drug-likeness (QED) is 0.884. The van der Waals surface area contributed by atoms with Crippen LogP contribution in [-0.2, 0) is 13.5 Å². The number of halogens is 1. The van der Waals surface area contributed by atoms with Crippen LogP contribution in [0.2, 0.25) is 5.02 Å². The second-order valence-corrected chi connectivity index (χ2v) is 5.96. The smallest absolute Gasteiger partial charge is 0.109 e. The molecule has 4 heteroatoms. The molecule has 1 atom stereocenters. The van der Waals surface area contributed by atoms with E-state index in [1.807, 2.05) is 31.6 Å². The van der Waals surface area contributed by atoms with E-state index in [-0.39, 0.29) is 0 Å². The molecule has 2 aromatic rings. The van der Waals surface area contributed by atoms with E-state index in [1.54, 1.807) is 0 Å². The van der Waals surface area contributed by atoms with Crippen LogP contribution in [0.1, 0.15) is 30.3 Å². The molecule has 3 nitrogen and oxygen atoms in total. The van der Waals surface area contributed by atoms with Gasteiger partial charge < -0.3 is 9.88 Å². The second kappa shape index (κ2) is 5.98. The zero-order valence-corrected chi connectivity index (χ0v) is 12.5. The number of hydrogen-bond acceptors (Lipinski definition) is 2. The Bertz CT molecular complexity index is 557. The first kappa shape index (κ1) is 13.7. The maximum atomic E-state index is 5.97. The molecule has 0 spiro atoms.